The summed E-state index contributed by atoms with van der Waals surface area (Å²) in [6, 6.07) is 4.92. The summed E-state index contributed by atoms with van der Waals surface area (Å²) in [7, 11) is 0. The Labute approximate surface area is 119 Å². The maximum Gasteiger partial charge on any atom is 0.387 e. The van der Waals surface area contributed by atoms with E-state index in [0.29, 0.717) is 12.1 Å². The number of aliphatic hydroxyl groups excluding tert-OH is 1. The quantitative estimate of drug-likeness (QED) is 0.839. The number of hydrogen-bond donors (Lipinski definition) is 2. The molecular formula is C13H16BrF2NO2. The Morgan fingerprint density at radius 2 is 2.16 bits per heavy atom. The van der Waals surface area contributed by atoms with Crippen LogP contribution in [0.25, 0.3) is 0 Å². The number of hydrogen-bond acceptors (Lipinski definition) is 3. The highest BCUT2D eigenvalue weighted by molar-refractivity contribution is 9.10. The Morgan fingerprint density at radius 1 is 1.42 bits per heavy atom. The third-order valence-corrected chi connectivity index (χ3v) is 4.00. The Bertz CT molecular complexity index is 433. The van der Waals surface area contributed by atoms with Gasteiger partial charge in [-0.1, -0.05) is 15.9 Å². The summed E-state index contributed by atoms with van der Waals surface area (Å²) in [4.78, 5) is 0. The summed E-state index contributed by atoms with van der Waals surface area (Å²) in [5, 5.41) is 12.6. The summed E-state index contributed by atoms with van der Waals surface area (Å²) in [5.41, 5.74) is 0.388. The van der Waals surface area contributed by atoms with Crippen molar-refractivity contribution >= 4 is 15.9 Å². The predicted molar refractivity (Wildman–Crippen MR) is 71.3 cm³/mol. The summed E-state index contributed by atoms with van der Waals surface area (Å²) in [6.07, 6.45) is 2.89. The Balaban J connectivity index is 2.07. The average Bonchev–Trinajstić information content (AvgIpc) is 2.31. The van der Waals surface area contributed by atoms with Gasteiger partial charge in [-0.2, -0.15) is 8.78 Å². The number of rotatable bonds is 6. The molecule has 1 aromatic rings. The molecule has 2 N–H and O–H groups in total. The molecule has 1 fully saturated rings. The van der Waals surface area contributed by atoms with Gasteiger partial charge in [-0.15, -0.1) is 0 Å². The molecule has 0 aliphatic heterocycles. The second-order valence-corrected chi connectivity index (χ2v) is 5.69. The molecule has 0 heterocycles. The first-order valence-electron chi connectivity index (χ1n) is 6.14. The van der Waals surface area contributed by atoms with Crippen molar-refractivity contribution in [3.05, 3.63) is 28.2 Å². The molecule has 106 valence electrons. The van der Waals surface area contributed by atoms with Crippen LogP contribution in [0.4, 0.5) is 8.78 Å². The van der Waals surface area contributed by atoms with E-state index in [1.165, 1.54) is 6.07 Å². The molecule has 0 unspecified atom stereocenters. The standard InChI is InChI=1S/C13H16BrF2NO2/c14-10-2-3-11(19-12(15)16)9(6-10)7-17-13(8-18)4-1-5-13/h2-3,6,12,17-18H,1,4-5,7-8H2. The van der Waals surface area contributed by atoms with E-state index in [-0.39, 0.29) is 17.9 Å². The normalized spacial score (nSPS) is 17.3. The lowest BCUT2D eigenvalue weighted by molar-refractivity contribution is -0.0506. The Kier molecular flexibility index (Phi) is 4.76. The maximum atomic E-state index is 12.3. The topological polar surface area (TPSA) is 41.5 Å². The molecule has 0 spiro atoms. The summed E-state index contributed by atoms with van der Waals surface area (Å²) in [5.74, 6) is 0.165. The number of nitrogens with one attached hydrogen (secondary N) is 1. The summed E-state index contributed by atoms with van der Waals surface area (Å²) in [6.45, 7) is -2.39. The van der Waals surface area contributed by atoms with E-state index in [0.717, 1.165) is 23.7 Å². The van der Waals surface area contributed by atoms with Crippen molar-refractivity contribution in [3.8, 4) is 5.75 Å². The molecule has 1 aliphatic carbocycles. The number of alkyl halides is 2. The molecule has 1 aromatic carbocycles. The van der Waals surface area contributed by atoms with Crippen molar-refractivity contribution in [2.75, 3.05) is 6.61 Å². The maximum absolute atomic E-state index is 12.3. The van der Waals surface area contributed by atoms with E-state index < -0.39 is 6.61 Å². The predicted octanol–water partition coefficient (Wildman–Crippen LogP) is 3.06. The number of halogens is 3. The van der Waals surface area contributed by atoms with Crippen LogP contribution in [0.15, 0.2) is 22.7 Å². The third kappa shape index (κ3) is 3.64. The van der Waals surface area contributed by atoms with Crippen LogP contribution >= 0.6 is 15.9 Å². The van der Waals surface area contributed by atoms with Crippen molar-refractivity contribution in [2.24, 2.45) is 0 Å². The molecule has 2 rings (SSSR count). The third-order valence-electron chi connectivity index (χ3n) is 3.51. The lowest BCUT2D eigenvalue weighted by Crippen LogP contribution is -2.53. The molecule has 0 amide bonds. The van der Waals surface area contributed by atoms with Crippen LogP contribution in [0.1, 0.15) is 24.8 Å². The summed E-state index contributed by atoms with van der Waals surface area (Å²) < 4.78 is 29.9. The Morgan fingerprint density at radius 3 is 2.68 bits per heavy atom. The molecule has 19 heavy (non-hydrogen) atoms. The molecule has 1 aliphatic rings. The van der Waals surface area contributed by atoms with Gasteiger partial charge in [0.2, 0.25) is 0 Å². The largest absolute Gasteiger partial charge is 0.434 e. The number of ether oxygens (including phenoxy) is 1. The minimum atomic E-state index is -2.84. The van der Waals surface area contributed by atoms with E-state index in [2.05, 4.69) is 26.0 Å². The molecule has 1 saturated carbocycles. The number of aliphatic hydroxyl groups is 1. The molecule has 0 radical (unpaired) electrons. The molecule has 0 aromatic heterocycles. The highest BCUT2D eigenvalue weighted by atomic mass is 79.9. The van der Waals surface area contributed by atoms with E-state index in [4.69, 9.17) is 0 Å². The van der Waals surface area contributed by atoms with Gasteiger partial charge in [-0.25, -0.2) is 0 Å². The average molecular weight is 336 g/mol. The van der Waals surface area contributed by atoms with Gasteiger partial charge in [0.25, 0.3) is 0 Å². The monoisotopic (exact) mass is 335 g/mol. The Hall–Kier alpha value is -0.720. The van der Waals surface area contributed by atoms with Gasteiger partial charge < -0.3 is 15.2 Å². The van der Waals surface area contributed by atoms with Crippen LogP contribution in [0.3, 0.4) is 0 Å². The van der Waals surface area contributed by atoms with E-state index in [9.17, 15) is 13.9 Å². The van der Waals surface area contributed by atoms with Crippen molar-refractivity contribution in [2.45, 2.75) is 38.0 Å². The van der Waals surface area contributed by atoms with Gasteiger partial charge in [0.05, 0.1) is 6.61 Å². The molecule has 0 bridgehead atoms. The molecule has 6 heteroatoms. The fraction of sp³-hybridized carbons (Fsp3) is 0.538. The minimum absolute atomic E-state index is 0.0615. The van der Waals surface area contributed by atoms with Crippen molar-refractivity contribution in [1.29, 1.82) is 0 Å². The smallest absolute Gasteiger partial charge is 0.387 e. The van der Waals surface area contributed by atoms with Crippen LogP contribution in [-0.2, 0) is 6.54 Å². The van der Waals surface area contributed by atoms with Gasteiger partial charge in [0.15, 0.2) is 0 Å². The van der Waals surface area contributed by atoms with Gasteiger partial charge in [-0.3, -0.25) is 0 Å². The first kappa shape index (κ1) is 14.7. The van der Waals surface area contributed by atoms with Gasteiger partial charge >= 0.3 is 6.61 Å². The molecular weight excluding hydrogens is 320 g/mol. The molecule has 3 nitrogen and oxygen atoms in total. The van der Waals surface area contributed by atoms with Crippen LogP contribution < -0.4 is 10.1 Å². The van der Waals surface area contributed by atoms with E-state index >= 15 is 0 Å². The summed E-state index contributed by atoms with van der Waals surface area (Å²) >= 11 is 3.31. The van der Waals surface area contributed by atoms with Gasteiger partial charge in [0, 0.05) is 22.1 Å². The van der Waals surface area contributed by atoms with Gasteiger partial charge in [-0.05, 0) is 37.5 Å². The zero-order chi connectivity index (χ0) is 13.9. The molecule has 0 atom stereocenters. The van der Waals surface area contributed by atoms with Crippen LogP contribution in [0.2, 0.25) is 0 Å². The highest BCUT2D eigenvalue weighted by Gasteiger charge is 2.35. The fourth-order valence-electron chi connectivity index (χ4n) is 2.17. The van der Waals surface area contributed by atoms with E-state index in [1.54, 1.807) is 12.1 Å². The van der Waals surface area contributed by atoms with Crippen molar-refractivity contribution in [1.82, 2.24) is 5.32 Å². The van der Waals surface area contributed by atoms with Crippen LogP contribution in [0.5, 0.6) is 5.75 Å². The van der Waals surface area contributed by atoms with Crippen LogP contribution in [0, 0.1) is 0 Å². The minimum Gasteiger partial charge on any atom is -0.434 e. The first-order valence-corrected chi connectivity index (χ1v) is 6.93. The molecule has 0 saturated heterocycles. The van der Waals surface area contributed by atoms with Crippen molar-refractivity contribution in [3.63, 3.8) is 0 Å². The van der Waals surface area contributed by atoms with Crippen LogP contribution in [-0.4, -0.2) is 23.9 Å². The van der Waals surface area contributed by atoms with Gasteiger partial charge in [0.1, 0.15) is 5.75 Å². The van der Waals surface area contributed by atoms with E-state index in [1.807, 2.05) is 0 Å². The zero-order valence-corrected chi connectivity index (χ0v) is 11.9. The second-order valence-electron chi connectivity index (χ2n) is 4.78. The second kappa shape index (κ2) is 6.15. The van der Waals surface area contributed by atoms with Crippen molar-refractivity contribution < 1.29 is 18.6 Å². The number of benzene rings is 1. The first-order chi connectivity index (χ1) is 9.04. The lowest BCUT2D eigenvalue weighted by Gasteiger charge is -2.41. The lowest BCUT2D eigenvalue weighted by atomic mass is 9.77. The zero-order valence-electron chi connectivity index (χ0n) is 10.3. The fourth-order valence-corrected chi connectivity index (χ4v) is 2.58. The SMILES string of the molecule is OCC1(NCc2cc(Br)ccc2OC(F)F)CCC1. The highest BCUT2D eigenvalue weighted by Crippen LogP contribution is 2.32.